The maximum absolute atomic E-state index is 5.18. The quantitative estimate of drug-likeness (QED) is 0.920. The number of nitrogens with zero attached hydrogens (tertiary/aromatic N) is 2. The number of H-pyrrole nitrogens is 1. The lowest BCUT2D eigenvalue weighted by Crippen LogP contribution is -2.06. The molecule has 3 rings (SSSR count). The molecule has 1 aliphatic rings. The second-order valence-electron chi connectivity index (χ2n) is 4.73. The number of aromatic amines is 1. The molecule has 96 valence electrons. The largest absolute Gasteiger partial charge is 0.496 e. The average Bonchev–Trinajstić information content (AvgIpc) is 3.08. The molecule has 0 unspecified atom stereocenters. The highest BCUT2D eigenvalue weighted by molar-refractivity contribution is 7.13. The van der Waals surface area contributed by atoms with Crippen LogP contribution in [0.2, 0.25) is 0 Å². The van der Waals surface area contributed by atoms with Crippen LogP contribution in [0.15, 0.2) is 11.4 Å². The average molecular weight is 263 g/mol. The van der Waals surface area contributed by atoms with Crippen LogP contribution in [0.4, 0.5) is 0 Å². The molecule has 0 aromatic carbocycles. The van der Waals surface area contributed by atoms with Crippen molar-refractivity contribution in [1.82, 2.24) is 15.2 Å². The van der Waals surface area contributed by atoms with Crippen LogP contribution in [0.5, 0.6) is 5.75 Å². The summed E-state index contributed by atoms with van der Waals surface area (Å²) < 4.78 is 5.18. The first-order valence-electron chi connectivity index (χ1n) is 6.42. The summed E-state index contributed by atoms with van der Waals surface area (Å²) >= 11 is 1.62. The standard InChI is InChI=1S/C13H17N3OS/c1-17-10-7-11(18-8-10)13-14-12(15-16-13)9-5-3-2-4-6-9/h7-9H,2-6H2,1H3,(H,14,15,16). The highest BCUT2D eigenvalue weighted by Gasteiger charge is 2.19. The Hall–Kier alpha value is -1.36. The van der Waals surface area contributed by atoms with Crippen LogP contribution in [0, 0.1) is 0 Å². The number of hydrogen-bond donors (Lipinski definition) is 1. The second kappa shape index (κ2) is 5.10. The van der Waals surface area contributed by atoms with Gasteiger partial charge in [-0.1, -0.05) is 19.3 Å². The lowest BCUT2D eigenvalue weighted by molar-refractivity contribution is 0.417. The normalized spacial score (nSPS) is 16.9. The van der Waals surface area contributed by atoms with E-state index in [-0.39, 0.29) is 0 Å². The first kappa shape index (κ1) is 11.7. The van der Waals surface area contributed by atoms with Gasteiger partial charge in [0.1, 0.15) is 11.6 Å². The number of aromatic nitrogens is 3. The van der Waals surface area contributed by atoms with Crippen LogP contribution in [0.25, 0.3) is 10.7 Å². The summed E-state index contributed by atoms with van der Waals surface area (Å²) in [4.78, 5) is 5.70. The van der Waals surface area contributed by atoms with Gasteiger partial charge in [0.2, 0.25) is 0 Å². The molecule has 2 aromatic rings. The third-order valence-corrected chi connectivity index (χ3v) is 4.43. The molecule has 5 heteroatoms. The van der Waals surface area contributed by atoms with E-state index in [2.05, 4.69) is 15.2 Å². The third-order valence-electron chi connectivity index (χ3n) is 3.53. The van der Waals surface area contributed by atoms with E-state index in [1.54, 1.807) is 18.4 Å². The van der Waals surface area contributed by atoms with E-state index in [0.29, 0.717) is 5.92 Å². The summed E-state index contributed by atoms with van der Waals surface area (Å²) in [5.74, 6) is 3.29. The molecule has 0 atom stereocenters. The van der Waals surface area contributed by atoms with E-state index < -0.39 is 0 Å². The third kappa shape index (κ3) is 2.27. The van der Waals surface area contributed by atoms with Crippen molar-refractivity contribution in [2.45, 2.75) is 38.0 Å². The number of hydrogen-bond acceptors (Lipinski definition) is 4. The van der Waals surface area contributed by atoms with Gasteiger partial charge in [0, 0.05) is 17.4 Å². The molecular weight excluding hydrogens is 246 g/mol. The minimum atomic E-state index is 0.571. The SMILES string of the molecule is COc1csc(-c2n[nH]c(C3CCCCC3)n2)c1. The fourth-order valence-electron chi connectivity index (χ4n) is 2.49. The number of nitrogens with one attached hydrogen (secondary N) is 1. The Bertz CT molecular complexity index is 514. The number of rotatable bonds is 3. The molecule has 2 heterocycles. The molecule has 0 radical (unpaired) electrons. The summed E-state index contributed by atoms with van der Waals surface area (Å²) in [6, 6.07) is 1.98. The highest BCUT2D eigenvalue weighted by atomic mass is 32.1. The monoisotopic (exact) mass is 263 g/mol. The van der Waals surface area contributed by atoms with Crippen LogP contribution in [-0.2, 0) is 0 Å². The van der Waals surface area contributed by atoms with Crippen molar-refractivity contribution >= 4 is 11.3 Å². The van der Waals surface area contributed by atoms with Crippen LogP contribution in [0.3, 0.4) is 0 Å². The van der Waals surface area contributed by atoms with Gasteiger partial charge in [-0.25, -0.2) is 4.98 Å². The van der Waals surface area contributed by atoms with Crippen molar-refractivity contribution in [3.8, 4) is 16.5 Å². The van der Waals surface area contributed by atoms with Crippen LogP contribution < -0.4 is 4.74 Å². The van der Waals surface area contributed by atoms with Gasteiger partial charge in [0.25, 0.3) is 0 Å². The molecule has 1 fully saturated rings. The van der Waals surface area contributed by atoms with Gasteiger partial charge in [0.05, 0.1) is 12.0 Å². The smallest absolute Gasteiger partial charge is 0.191 e. The fraction of sp³-hybridized carbons (Fsp3) is 0.538. The second-order valence-corrected chi connectivity index (χ2v) is 5.64. The summed E-state index contributed by atoms with van der Waals surface area (Å²) in [5, 5.41) is 9.41. The lowest BCUT2D eigenvalue weighted by Gasteiger charge is -2.18. The maximum Gasteiger partial charge on any atom is 0.191 e. The summed E-state index contributed by atoms with van der Waals surface area (Å²) in [7, 11) is 1.68. The number of thiophene rings is 1. The van der Waals surface area contributed by atoms with Gasteiger partial charge < -0.3 is 4.74 Å². The van der Waals surface area contributed by atoms with Gasteiger partial charge in [-0.2, -0.15) is 5.10 Å². The van der Waals surface area contributed by atoms with Crippen molar-refractivity contribution in [2.75, 3.05) is 7.11 Å². The molecule has 1 N–H and O–H groups in total. The summed E-state index contributed by atoms with van der Waals surface area (Å²) in [6.45, 7) is 0. The Labute approximate surface area is 110 Å². The first-order valence-corrected chi connectivity index (χ1v) is 7.30. The van der Waals surface area contributed by atoms with E-state index >= 15 is 0 Å². The van der Waals surface area contributed by atoms with Gasteiger partial charge >= 0.3 is 0 Å². The number of ether oxygens (including phenoxy) is 1. The van der Waals surface area contributed by atoms with Crippen LogP contribution in [0.1, 0.15) is 43.8 Å². The zero-order chi connectivity index (χ0) is 12.4. The Balaban J connectivity index is 1.79. The van der Waals surface area contributed by atoms with Crippen molar-refractivity contribution in [1.29, 1.82) is 0 Å². The van der Waals surface area contributed by atoms with E-state index in [1.165, 1.54) is 32.1 Å². The summed E-state index contributed by atoms with van der Waals surface area (Å²) in [5.41, 5.74) is 0. The van der Waals surface area contributed by atoms with Crippen LogP contribution in [-0.4, -0.2) is 22.3 Å². The van der Waals surface area contributed by atoms with E-state index in [9.17, 15) is 0 Å². The Morgan fingerprint density at radius 2 is 2.17 bits per heavy atom. The molecule has 0 bridgehead atoms. The minimum absolute atomic E-state index is 0.571. The Kier molecular flexibility index (Phi) is 3.32. The van der Waals surface area contributed by atoms with Gasteiger partial charge in [-0.05, 0) is 12.8 Å². The maximum atomic E-state index is 5.18. The first-order chi connectivity index (χ1) is 8.86. The van der Waals surface area contributed by atoms with E-state index in [0.717, 1.165) is 22.3 Å². The summed E-state index contributed by atoms with van der Waals surface area (Å²) in [6.07, 6.45) is 6.46. The van der Waals surface area contributed by atoms with Crippen molar-refractivity contribution in [2.24, 2.45) is 0 Å². The van der Waals surface area contributed by atoms with Gasteiger partial charge in [-0.3, -0.25) is 5.10 Å². The Morgan fingerprint density at radius 1 is 1.33 bits per heavy atom. The zero-order valence-corrected chi connectivity index (χ0v) is 11.3. The molecule has 2 aromatic heterocycles. The molecule has 0 saturated heterocycles. The molecule has 0 aliphatic heterocycles. The van der Waals surface area contributed by atoms with E-state index in [4.69, 9.17) is 4.74 Å². The van der Waals surface area contributed by atoms with Gasteiger partial charge in [-0.15, -0.1) is 11.3 Å². The molecule has 4 nitrogen and oxygen atoms in total. The highest BCUT2D eigenvalue weighted by Crippen LogP contribution is 2.33. The van der Waals surface area contributed by atoms with Crippen molar-refractivity contribution < 1.29 is 4.74 Å². The fourth-order valence-corrected chi connectivity index (χ4v) is 3.27. The Morgan fingerprint density at radius 3 is 2.89 bits per heavy atom. The molecule has 1 saturated carbocycles. The molecule has 0 spiro atoms. The van der Waals surface area contributed by atoms with Crippen LogP contribution >= 0.6 is 11.3 Å². The van der Waals surface area contributed by atoms with Crippen molar-refractivity contribution in [3.05, 3.63) is 17.3 Å². The van der Waals surface area contributed by atoms with Gasteiger partial charge in [0.15, 0.2) is 5.82 Å². The zero-order valence-electron chi connectivity index (χ0n) is 10.5. The molecular formula is C13H17N3OS. The topological polar surface area (TPSA) is 50.8 Å². The minimum Gasteiger partial charge on any atom is -0.496 e. The molecule has 0 amide bonds. The van der Waals surface area contributed by atoms with E-state index in [1.807, 2.05) is 11.4 Å². The predicted octanol–water partition coefficient (Wildman–Crippen LogP) is 3.59. The molecule has 1 aliphatic carbocycles. The number of methoxy groups -OCH3 is 1. The predicted molar refractivity (Wildman–Crippen MR) is 72.1 cm³/mol. The lowest BCUT2D eigenvalue weighted by atomic mass is 9.89. The molecule has 18 heavy (non-hydrogen) atoms. The van der Waals surface area contributed by atoms with Crippen molar-refractivity contribution in [3.63, 3.8) is 0 Å².